The molecule has 0 amide bonds. The van der Waals surface area contributed by atoms with Crippen LogP contribution in [0.4, 0.5) is 0 Å². The summed E-state index contributed by atoms with van der Waals surface area (Å²) in [5, 5.41) is 8.49. The van der Waals surface area contributed by atoms with Gasteiger partial charge >= 0.3 is 0 Å². The Kier molecular flexibility index (Phi) is 5.66. The summed E-state index contributed by atoms with van der Waals surface area (Å²) < 4.78 is 23.0. The summed E-state index contributed by atoms with van der Waals surface area (Å²) in [7, 11) is -1.23. The Morgan fingerprint density at radius 1 is 1.23 bits per heavy atom. The van der Waals surface area contributed by atoms with Crippen molar-refractivity contribution < 1.29 is 8.42 Å². The first-order valence-electron chi connectivity index (χ1n) is 7.16. The van der Waals surface area contributed by atoms with E-state index in [1.807, 2.05) is 25.2 Å². The van der Waals surface area contributed by atoms with E-state index in [2.05, 4.69) is 34.2 Å². The van der Waals surface area contributed by atoms with Crippen LogP contribution in [0.25, 0.3) is 0 Å². The van der Waals surface area contributed by atoms with E-state index < -0.39 is 9.84 Å². The van der Waals surface area contributed by atoms with Crippen molar-refractivity contribution in [2.45, 2.75) is 36.7 Å². The molecular weight excluding hydrogens is 318 g/mol. The van der Waals surface area contributed by atoms with Crippen molar-refractivity contribution in [3.8, 4) is 0 Å². The standard InChI is InChI=1S/C15H21N3O2S2/c1-4-13(10-12-8-6-5-7-9-12)18(2)11-14-16-17-15(21-14)22(3,19)20/h5-9,13H,4,10-11H2,1-3H3. The fourth-order valence-electron chi connectivity index (χ4n) is 2.29. The summed E-state index contributed by atoms with van der Waals surface area (Å²) in [6.07, 6.45) is 3.14. The third-order valence-corrected chi connectivity index (χ3v) is 6.14. The average molecular weight is 339 g/mol. The quantitative estimate of drug-likeness (QED) is 0.775. The largest absolute Gasteiger partial charge is 0.296 e. The summed E-state index contributed by atoms with van der Waals surface area (Å²) in [5.41, 5.74) is 1.30. The Morgan fingerprint density at radius 2 is 1.91 bits per heavy atom. The number of likely N-dealkylation sites (N-methyl/N-ethyl adjacent to an activating group) is 1. The Morgan fingerprint density at radius 3 is 2.45 bits per heavy atom. The Bertz CT molecular complexity index is 699. The molecule has 0 saturated carbocycles. The van der Waals surface area contributed by atoms with Crippen LogP contribution in [0.2, 0.25) is 0 Å². The minimum atomic E-state index is -3.27. The molecule has 1 aromatic carbocycles. The van der Waals surface area contributed by atoms with Crippen molar-refractivity contribution >= 4 is 21.2 Å². The zero-order valence-corrected chi connectivity index (χ0v) is 14.7. The molecule has 1 atom stereocenters. The van der Waals surface area contributed by atoms with Crippen LogP contribution in [0.3, 0.4) is 0 Å². The van der Waals surface area contributed by atoms with Crippen LogP contribution in [0.5, 0.6) is 0 Å². The van der Waals surface area contributed by atoms with Crippen LogP contribution >= 0.6 is 11.3 Å². The van der Waals surface area contributed by atoms with Crippen molar-refractivity contribution in [1.82, 2.24) is 15.1 Å². The van der Waals surface area contributed by atoms with Crippen LogP contribution in [0, 0.1) is 0 Å². The maximum Gasteiger partial charge on any atom is 0.232 e. The lowest BCUT2D eigenvalue weighted by molar-refractivity contribution is 0.225. The van der Waals surface area contributed by atoms with E-state index in [1.54, 1.807) is 0 Å². The minimum absolute atomic E-state index is 0.0898. The minimum Gasteiger partial charge on any atom is -0.296 e. The summed E-state index contributed by atoms with van der Waals surface area (Å²) in [6.45, 7) is 2.77. The van der Waals surface area contributed by atoms with Gasteiger partial charge in [-0.1, -0.05) is 48.6 Å². The third kappa shape index (κ3) is 4.59. The molecule has 1 aromatic heterocycles. The second-order valence-electron chi connectivity index (χ2n) is 5.40. The topological polar surface area (TPSA) is 63.2 Å². The van der Waals surface area contributed by atoms with Gasteiger partial charge in [-0.25, -0.2) is 8.42 Å². The molecule has 0 radical (unpaired) electrons. The molecule has 0 N–H and O–H groups in total. The summed E-state index contributed by atoms with van der Waals surface area (Å²) in [6, 6.07) is 10.7. The molecular formula is C15H21N3O2S2. The zero-order chi connectivity index (χ0) is 16.2. The van der Waals surface area contributed by atoms with E-state index >= 15 is 0 Å². The van der Waals surface area contributed by atoms with Crippen molar-refractivity contribution in [3.05, 3.63) is 40.9 Å². The number of hydrogen-bond acceptors (Lipinski definition) is 6. The van der Waals surface area contributed by atoms with Gasteiger partial charge in [0.25, 0.3) is 0 Å². The molecule has 0 saturated heterocycles. The normalized spacial score (nSPS) is 13.5. The lowest BCUT2D eigenvalue weighted by Gasteiger charge is -2.26. The molecule has 120 valence electrons. The van der Waals surface area contributed by atoms with E-state index in [-0.39, 0.29) is 4.34 Å². The van der Waals surface area contributed by atoms with E-state index in [9.17, 15) is 8.42 Å². The van der Waals surface area contributed by atoms with Crippen molar-refractivity contribution in [2.24, 2.45) is 0 Å². The van der Waals surface area contributed by atoms with Gasteiger partial charge in [-0.05, 0) is 25.5 Å². The first-order valence-corrected chi connectivity index (χ1v) is 9.87. The van der Waals surface area contributed by atoms with E-state index in [0.717, 1.165) is 35.4 Å². The van der Waals surface area contributed by atoms with Crippen molar-refractivity contribution in [3.63, 3.8) is 0 Å². The van der Waals surface area contributed by atoms with E-state index in [1.165, 1.54) is 5.56 Å². The van der Waals surface area contributed by atoms with Crippen LogP contribution < -0.4 is 0 Å². The number of rotatable bonds is 7. The monoisotopic (exact) mass is 339 g/mol. The Labute approximate surface area is 135 Å². The summed E-state index contributed by atoms with van der Waals surface area (Å²) in [4.78, 5) is 2.21. The fraction of sp³-hybridized carbons (Fsp3) is 0.467. The van der Waals surface area contributed by atoms with Crippen LogP contribution in [0.1, 0.15) is 23.9 Å². The second kappa shape index (κ2) is 7.30. The number of benzene rings is 1. The summed E-state index contributed by atoms with van der Waals surface area (Å²) in [5.74, 6) is 0. The SMILES string of the molecule is CCC(Cc1ccccc1)N(C)Cc1nnc(S(C)(=O)=O)s1. The number of nitrogens with zero attached hydrogens (tertiary/aromatic N) is 3. The lowest BCUT2D eigenvalue weighted by atomic mass is 10.0. The van der Waals surface area contributed by atoms with Crippen LogP contribution in [0.15, 0.2) is 34.7 Å². The predicted molar refractivity (Wildman–Crippen MR) is 88.7 cm³/mol. The Hall–Kier alpha value is -1.31. The second-order valence-corrected chi connectivity index (χ2v) is 8.65. The van der Waals surface area contributed by atoms with Gasteiger partial charge in [0.1, 0.15) is 5.01 Å². The highest BCUT2D eigenvalue weighted by Gasteiger charge is 2.18. The lowest BCUT2D eigenvalue weighted by Crippen LogP contribution is -2.32. The molecule has 22 heavy (non-hydrogen) atoms. The molecule has 0 aliphatic heterocycles. The Balaban J connectivity index is 2.03. The molecule has 5 nitrogen and oxygen atoms in total. The molecule has 1 unspecified atom stereocenters. The van der Waals surface area contributed by atoms with E-state index in [0.29, 0.717) is 12.6 Å². The molecule has 0 spiro atoms. The summed E-state index contributed by atoms with van der Waals surface area (Å²) >= 11 is 1.15. The van der Waals surface area contributed by atoms with Gasteiger partial charge in [-0.2, -0.15) is 0 Å². The van der Waals surface area contributed by atoms with Gasteiger partial charge < -0.3 is 0 Å². The highest BCUT2D eigenvalue weighted by molar-refractivity contribution is 7.92. The zero-order valence-electron chi connectivity index (χ0n) is 13.1. The van der Waals surface area contributed by atoms with E-state index in [4.69, 9.17) is 0 Å². The smallest absolute Gasteiger partial charge is 0.232 e. The number of hydrogen-bond donors (Lipinski definition) is 0. The van der Waals surface area contributed by atoms with Crippen LogP contribution in [-0.2, 0) is 22.8 Å². The molecule has 0 aliphatic carbocycles. The molecule has 7 heteroatoms. The van der Waals surface area contributed by atoms with Gasteiger partial charge in [0, 0.05) is 12.3 Å². The van der Waals surface area contributed by atoms with Crippen LogP contribution in [-0.4, -0.2) is 42.9 Å². The van der Waals surface area contributed by atoms with Crippen molar-refractivity contribution in [1.29, 1.82) is 0 Å². The molecule has 2 aromatic rings. The number of sulfone groups is 1. The molecule has 2 rings (SSSR count). The predicted octanol–water partition coefficient (Wildman–Crippen LogP) is 2.39. The highest BCUT2D eigenvalue weighted by Crippen LogP contribution is 2.19. The highest BCUT2D eigenvalue weighted by atomic mass is 32.2. The van der Waals surface area contributed by atoms with Gasteiger partial charge in [-0.15, -0.1) is 10.2 Å². The van der Waals surface area contributed by atoms with Gasteiger partial charge in [0.15, 0.2) is 0 Å². The maximum absolute atomic E-state index is 11.5. The first-order chi connectivity index (χ1) is 10.4. The van der Waals surface area contributed by atoms with Gasteiger partial charge in [0.2, 0.25) is 14.2 Å². The molecule has 1 heterocycles. The molecule has 0 bridgehead atoms. The number of aromatic nitrogens is 2. The van der Waals surface area contributed by atoms with Gasteiger partial charge in [0.05, 0.1) is 6.54 Å². The molecule has 0 aliphatic rings. The van der Waals surface area contributed by atoms with Crippen molar-refractivity contribution in [2.75, 3.05) is 13.3 Å². The third-order valence-electron chi connectivity index (χ3n) is 3.56. The fourth-order valence-corrected chi connectivity index (χ4v) is 4.01. The van der Waals surface area contributed by atoms with Gasteiger partial charge in [-0.3, -0.25) is 4.90 Å². The average Bonchev–Trinajstić information content (AvgIpc) is 2.94. The first kappa shape index (κ1) is 17.1. The maximum atomic E-state index is 11.5. The molecule has 0 fully saturated rings.